The van der Waals surface area contributed by atoms with Crippen molar-refractivity contribution >= 4 is 17.9 Å². The smallest absolute Gasteiger partial charge is 0.317 e. The fourth-order valence-electron chi connectivity index (χ4n) is 1.83. The van der Waals surface area contributed by atoms with E-state index in [0.717, 1.165) is 12.8 Å². The molecule has 1 aliphatic carbocycles. The quantitative estimate of drug-likeness (QED) is 0.607. The lowest BCUT2D eigenvalue weighted by atomic mass is 10.1. The molecule has 3 amide bonds. The van der Waals surface area contributed by atoms with Gasteiger partial charge in [0.15, 0.2) is 0 Å². The Balaban J connectivity index is 2.42. The van der Waals surface area contributed by atoms with Crippen molar-refractivity contribution in [3.63, 3.8) is 0 Å². The van der Waals surface area contributed by atoms with Crippen LogP contribution in [-0.2, 0) is 9.59 Å². The van der Waals surface area contributed by atoms with Crippen LogP contribution in [0.15, 0.2) is 0 Å². The summed E-state index contributed by atoms with van der Waals surface area (Å²) in [5.41, 5.74) is 0. The third-order valence-corrected chi connectivity index (χ3v) is 3.00. The zero-order chi connectivity index (χ0) is 14.4. The van der Waals surface area contributed by atoms with Gasteiger partial charge < -0.3 is 20.6 Å². The van der Waals surface area contributed by atoms with Gasteiger partial charge in [-0.15, -0.1) is 0 Å². The average molecular weight is 271 g/mol. The number of amides is 3. The fraction of sp³-hybridized carbons (Fsp3) is 0.750. The van der Waals surface area contributed by atoms with E-state index in [9.17, 15) is 14.4 Å². The first-order valence-corrected chi connectivity index (χ1v) is 6.44. The van der Waals surface area contributed by atoms with E-state index in [2.05, 4.69) is 10.6 Å². The maximum atomic E-state index is 11.8. The number of nitrogens with zero attached hydrogens (tertiary/aromatic N) is 1. The van der Waals surface area contributed by atoms with Crippen LogP contribution in [0.4, 0.5) is 4.79 Å². The van der Waals surface area contributed by atoms with Crippen LogP contribution in [0.3, 0.4) is 0 Å². The van der Waals surface area contributed by atoms with E-state index in [-0.39, 0.29) is 30.8 Å². The van der Waals surface area contributed by atoms with Crippen molar-refractivity contribution in [2.24, 2.45) is 5.92 Å². The highest BCUT2D eigenvalue weighted by molar-refractivity contribution is 5.84. The van der Waals surface area contributed by atoms with Crippen molar-refractivity contribution in [2.45, 2.75) is 32.2 Å². The summed E-state index contributed by atoms with van der Waals surface area (Å²) in [6.07, 6.45) is 1.81. The molecule has 0 saturated heterocycles. The van der Waals surface area contributed by atoms with Gasteiger partial charge in [-0.05, 0) is 25.7 Å². The summed E-state index contributed by atoms with van der Waals surface area (Å²) < 4.78 is 0. The topological polar surface area (TPSA) is 98.7 Å². The zero-order valence-electron chi connectivity index (χ0n) is 11.3. The lowest BCUT2D eigenvalue weighted by Gasteiger charge is -2.22. The van der Waals surface area contributed by atoms with E-state index in [4.69, 9.17) is 5.11 Å². The fourth-order valence-corrected chi connectivity index (χ4v) is 1.83. The third-order valence-electron chi connectivity index (χ3n) is 3.00. The first kappa shape index (κ1) is 15.3. The lowest BCUT2D eigenvalue weighted by Crippen LogP contribution is -2.47. The Morgan fingerprint density at radius 1 is 1.37 bits per heavy atom. The third kappa shape index (κ3) is 5.58. The molecule has 0 aromatic rings. The molecule has 19 heavy (non-hydrogen) atoms. The molecule has 0 heterocycles. The molecule has 0 radical (unpaired) electrons. The van der Waals surface area contributed by atoms with E-state index < -0.39 is 12.0 Å². The number of rotatable bonds is 7. The highest BCUT2D eigenvalue weighted by Gasteiger charge is 2.34. The first-order valence-electron chi connectivity index (χ1n) is 6.44. The molecule has 0 spiro atoms. The molecule has 7 nitrogen and oxygen atoms in total. The molecule has 1 atom stereocenters. The minimum absolute atomic E-state index is 0.0376. The Bertz CT molecular complexity index is 355. The number of likely N-dealkylation sites (N-methyl/N-ethyl adjacent to an activating group) is 2. The number of urea groups is 1. The second-order valence-electron chi connectivity index (χ2n) is 4.80. The minimum atomic E-state index is -0.927. The predicted octanol–water partition coefficient (Wildman–Crippen LogP) is 0.0172. The molecule has 0 bridgehead atoms. The van der Waals surface area contributed by atoms with Crippen LogP contribution in [0.5, 0.6) is 0 Å². The Morgan fingerprint density at radius 2 is 2.00 bits per heavy atom. The Hall–Kier alpha value is -1.79. The van der Waals surface area contributed by atoms with Gasteiger partial charge >= 0.3 is 12.0 Å². The van der Waals surface area contributed by atoms with E-state index in [1.54, 1.807) is 6.92 Å². The number of hydrogen-bond donors (Lipinski definition) is 3. The largest absolute Gasteiger partial charge is 0.481 e. The zero-order valence-corrected chi connectivity index (χ0v) is 11.3. The van der Waals surface area contributed by atoms with Crippen molar-refractivity contribution in [1.82, 2.24) is 15.5 Å². The van der Waals surface area contributed by atoms with Crippen molar-refractivity contribution in [3.05, 3.63) is 0 Å². The van der Waals surface area contributed by atoms with E-state index in [1.807, 2.05) is 0 Å². The van der Waals surface area contributed by atoms with Crippen LogP contribution in [0.1, 0.15) is 26.2 Å². The van der Waals surface area contributed by atoms with E-state index in [0.29, 0.717) is 6.54 Å². The van der Waals surface area contributed by atoms with Crippen LogP contribution in [0.2, 0.25) is 0 Å². The van der Waals surface area contributed by atoms with Crippen molar-refractivity contribution in [1.29, 1.82) is 0 Å². The number of nitrogens with one attached hydrogen (secondary N) is 2. The maximum Gasteiger partial charge on any atom is 0.317 e. The molecule has 1 unspecified atom stereocenters. The standard InChI is InChI=1S/C12H21N3O4/c1-3-13-10(16)7-15(2)12(19)14-9(6-11(17)18)8-4-5-8/h8-9H,3-7H2,1-2H3,(H,13,16)(H,14,19)(H,17,18). The molecular formula is C12H21N3O4. The van der Waals surface area contributed by atoms with Crippen molar-refractivity contribution in [2.75, 3.05) is 20.1 Å². The van der Waals surface area contributed by atoms with E-state index in [1.165, 1.54) is 11.9 Å². The van der Waals surface area contributed by atoms with Gasteiger partial charge in [-0.2, -0.15) is 0 Å². The SMILES string of the molecule is CCNC(=O)CN(C)C(=O)NC(CC(=O)O)C1CC1. The summed E-state index contributed by atoms with van der Waals surface area (Å²) in [5, 5.41) is 14.1. The van der Waals surface area contributed by atoms with Gasteiger partial charge in [0.25, 0.3) is 0 Å². The number of hydrogen-bond acceptors (Lipinski definition) is 3. The van der Waals surface area contributed by atoms with Crippen LogP contribution in [-0.4, -0.2) is 54.1 Å². The molecule has 1 saturated carbocycles. The van der Waals surface area contributed by atoms with Gasteiger partial charge in [0.05, 0.1) is 6.42 Å². The van der Waals surface area contributed by atoms with Gasteiger partial charge in [0, 0.05) is 19.6 Å². The molecule has 0 aromatic carbocycles. The summed E-state index contributed by atoms with van der Waals surface area (Å²) in [4.78, 5) is 35.2. The van der Waals surface area contributed by atoms with Crippen LogP contribution in [0, 0.1) is 5.92 Å². The monoisotopic (exact) mass is 271 g/mol. The number of carboxylic acids is 1. The highest BCUT2D eigenvalue weighted by atomic mass is 16.4. The summed E-state index contributed by atoms with van der Waals surface area (Å²) in [6.45, 7) is 2.27. The first-order chi connectivity index (χ1) is 8.93. The summed E-state index contributed by atoms with van der Waals surface area (Å²) in [5.74, 6) is -0.914. The molecule has 3 N–H and O–H groups in total. The molecule has 7 heteroatoms. The highest BCUT2D eigenvalue weighted by Crippen LogP contribution is 2.34. The maximum absolute atomic E-state index is 11.8. The van der Waals surface area contributed by atoms with Crippen LogP contribution >= 0.6 is 0 Å². The van der Waals surface area contributed by atoms with Gasteiger partial charge in [-0.3, -0.25) is 9.59 Å². The molecule has 108 valence electrons. The van der Waals surface area contributed by atoms with Gasteiger partial charge in [-0.25, -0.2) is 4.79 Å². The van der Waals surface area contributed by atoms with Gasteiger partial charge in [-0.1, -0.05) is 0 Å². The molecule has 0 aliphatic heterocycles. The van der Waals surface area contributed by atoms with E-state index >= 15 is 0 Å². The van der Waals surface area contributed by atoms with Crippen LogP contribution < -0.4 is 10.6 Å². The summed E-state index contributed by atoms with van der Waals surface area (Å²) >= 11 is 0. The molecule has 0 aromatic heterocycles. The predicted molar refractivity (Wildman–Crippen MR) is 68.6 cm³/mol. The number of carbonyl (C=O) groups excluding carboxylic acids is 2. The molecule has 1 fully saturated rings. The number of carbonyl (C=O) groups is 3. The molecule has 1 rings (SSSR count). The van der Waals surface area contributed by atoms with Crippen molar-refractivity contribution in [3.8, 4) is 0 Å². The van der Waals surface area contributed by atoms with Crippen molar-refractivity contribution < 1.29 is 19.5 Å². The van der Waals surface area contributed by atoms with Gasteiger partial charge in [0.2, 0.25) is 5.91 Å². The number of aliphatic carboxylic acids is 1. The molecular weight excluding hydrogens is 250 g/mol. The van der Waals surface area contributed by atoms with Gasteiger partial charge in [0.1, 0.15) is 6.54 Å². The Labute approximate surface area is 112 Å². The number of carboxylic acid groups (broad SMARTS) is 1. The second kappa shape index (κ2) is 6.96. The summed E-state index contributed by atoms with van der Waals surface area (Å²) in [7, 11) is 1.51. The molecule has 1 aliphatic rings. The Kier molecular flexibility index (Phi) is 5.59. The average Bonchev–Trinajstić information content (AvgIpc) is 3.11. The van der Waals surface area contributed by atoms with Crippen LogP contribution in [0.25, 0.3) is 0 Å². The Morgan fingerprint density at radius 3 is 2.47 bits per heavy atom. The normalized spacial score (nSPS) is 15.5. The lowest BCUT2D eigenvalue weighted by molar-refractivity contribution is -0.137. The second-order valence-corrected chi connectivity index (χ2v) is 4.80. The minimum Gasteiger partial charge on any atom is -0.481 e. The summed E-state index contributed by atoms with van der Waals surface area (Å²) in [6, 6.07) is -0.758.